The van der Waals surface area contributed by atoms with Gasteiger partial charge in [0.2, 0.25) is 0 Å². The molecule has 3 heteroatoms. The standard InChI is InChI=1S/C11H20NO2/c1-4-14-10(13)11(2,3)12-8-6-5-7-9-12/h5H,4,6-9H2,1-3H3. The number of esters is 1. The van der Waals surface area contributed by atoms with Crippen molar-refractivity contribution in [3.8, 4) is 0 Å². The molecular formula is C11H20NO2. The zero-order valence-electron chi connectivity index (χ0n) is 9.38. The van der Waals surface area contributed by atoms with E-state index in [-0.39, 0.29) is 5.97 Å². The Balaban J connectivity index is 2.57. The summed E-state index contributed by atoms with van der Waals surface area (Å²) in [6.45, 7) is 8.12. The SMILES string of the molecule is CCOC(=O)C(C)(C)N1CC[CH]CC1. The molecule has 0 unspecified atom stereocenters. The van der Waals surface area contributed by atoms with Gasteiger partial charge in [-0.25, -0.2) is 0 Å². The van der Waals surface area contributed by atoms with Gasteiger partial charge in [-0.2, -0.15) is 0 Å². The molecule has 1 radical (unpaired) electrons. The van der Waals surface area contributed by atoms with Gasteiger partial charge in [-0.3, -0.25) is 9.69 Å². The molecule has 0 aromatic rings. The minimum absolute atomic E-state index is 0.109. The summed E-state index contributed by atoms with van der Waals surface area (Å²) in [5.41, 5.74) is -0.468. The van der Waals surface area contributed by atoms with Crippen LogP contribution in [0.3, 0.4) is 0 Å². The van der Waals surface area contributed by atoms with Crippen molar-refractivity contribution in [3.05, 3.63) is 6.42 Å². The van der Waals surface area contributed by atoms with E-state index in [0.29, 0.717) is 6.61 Å². The molecule has 0 aromatic carbocycles. The van der Waals surface area contributed by atoms with E-state index in [9.17, 15) is 4.79 Å². The lowest BCUT2D eigenvalue weighted by atomic mass is 9.99. The number of carbonyl (C=O) groups is 1. The normalized spacial score (nSPS) is 19.4. The molecule has 1 saturated heterocycles. The van der Waals surface area contributed by atoms with Crippen molar-refractivity contribution < 1.29 is 9.53 Å². The van der Waals surface area contributed by atoms with Crippen LogP contribution >= 0.6 is 0 Å². The van der Waals surface area contributed by atoms with E-state index in [1.54, 1.807) is 0 Å². The van der Waals surface area contributed by atoms with Gasteiger partial charge < -0.3 is 4.74 Å². The maximum atomic E-state index is 11.7. The van der Waals surface area contributed by atoms with Crippen molar-refractivity contribution in [2.24, 2.45) is 0 Å². The van der Waals surface area contributed by atoms with Gasteiger partial charge in [0.1, 0.15) is 5.54 Å². The van der Waals surface area contributed by atoms with Crippen molar-refractivity contribution in [2.75, 3.05) is 19.7 Å². The first-order valence-electron chi connectivity index (χ1n) is 5.33. The van der Waals surface area contributed by atoms with Crippen LogP contribution in [0.25, 0.3) is 0 Å². The monoisotopic (exact) mass is 198 g/mol. The number of hydrogen-bond donors (Lipinski definition) is 0. The number of rotatable bonds is 3. The van der Waals surface area contributed by atoms with E-state index in [1.807, 2.05) is 20.8 Å². The lowest BCUT2D eigenvalue weighted by molar-refractivity contribution is -0.156. The van der Waals surface area contributed by atoms with E-state index < -0.39 is 5.54 Å². The Morgan fingerprint density at radius 1 is 1.43 bits per heavy atom. The number of nitrogens with zero attached hydrogens (tertiary/aromatic N) is 1. The lowest BCUT2D eigenvalue weighted by Gasteiger charge is -2.38. The van der Waals surface area contributed by atoms with Crippen LogP contribution in [0.4, 0.5) is 0 Å². The highest BCUT2D eigenvalue weighted by molar-refractivity contribution is 5.79. The van der Waals surface area contributed by atoms with Gasteiger partial charge in [-0.05, 0) is 53.1 Å². The zero-order valence-corrected chi connectivity index (χ0v) is 9.38. The Kier molecular flexibility index (Phi) is 3.93. The summed E-state index contributed by atoms with van der Waals surface area (Å²) in [6, 6.07) is 0. The summed E-state index contributed by atoms with van der Waals surface area (Å²) in [7, 11) is 0. The molecule has 3 nitrogen and oxygen atoms in total. The summed E-state index contributed by atoms with van der Waals surface area (Å²) < 4.78 is 5.07. The zero-order chi connectivity index (χ0) is 10.6. The van der Waals surface area contributed by atoms with E-state index in [4.69, 9.17) is 4.74 Å². The van der Waals surface area contributed by atoms with E-state index in [2.05, 4.69) is 11.3 Å². The topological polar surface area (TPSA) is 29.5 Å². The fourth-order valence-corrected chi connectivity index (χ4v) is 1.75. The quantitative estimate of drug-likeness (QED) is 0.645. The van der Waals surface area contributed by atoms with Crippen LogP contribution < -0.4 is 0 Å². The summed E-state index contributed by atoms with van der Waals surface area (Å²) in [5.74, 6) is -0.109. The number of likely N-dealkylation sites (tertiary alicyclic amines) is 1. The van der Waals surface area contributed by atoms with Crippen LogP contribution in [0.15, 0.2) is 0 Å². The molecule has 1 aliphatic rings. The molecule has 14 heavy (non-hydrogen) atoms. The van der Waals surface area contributed by atoms with Gasteiger partial charge in [0.05, 0.1) is 6.61 Å². The number of piperidine rings is 1. The minimum Gasteiger partial charge on any atom is -0.465 e. The molecule has 1 heterocycles. The molecule has 0 aliphatic carbocycles. The van der Waals surface area contributed by atoms with Crippen LogP contribution in [-0.2, 0) is 9.53 Å². The van der Waals surface area contributed by atoms with Gasteiger partial charge in [-0.15, -0.1) is 0 Å². The Labute approximate surface area is 86.4 Å². The Bertz CT molecular complexity index is 195. The van der Waals surface area contributed by atoms with Crippen LogP contribution in [0.2, 0.25) is 0 Å². The third-order valence-corrected chi connectivity index (χ3v) is 2.77. The van der Waals surface area contributed by atoms with Gasteiger partial charge in [0.15, 0.2) is 0 Å². The third kappa shape index (κ3) is 2.47. The summed E-state index contributed by atoms with van der Waals surface area (Å²) in [4.78, 5) is 13.9. The molecule has 0 amide bonds. The summed E-state index contributed by atoms with van der Waals surface area (Å²) in [5, 5.41) is 0. The molecule has 81 valence electrons. The van der Waals surface area contributed by atoms with Gasteiger partial charge in [-0.1, -0.05) is 0 Å². The average molecular weight is 198 g/mol. The second-order valence-corrected chi connectivity index (χ2v) is 4.13. The third-order valence-electron chi connectivity index (χ3n) is 2.77. The molecule has 0 saturated carbocycles. The second-order valence-electron chi connectivity index (χ2n) is 4.13. The molecule has 1 fully saturated rings. The van der Waals surface area contributed by atoms with Crippen LogP contribution in [-0.4, -0.2) is 36.1 Å². The van der Waals surface area contributed by atoms with Crippen LogP contribution in [0.1, 0.15) is 33.6 Å². The maximum absolute atomic E-state index is 11.7. The van der Waals surface area contributed by atoms with Gasteiger partial charge in [0, 0.05) is 0 Å². The Morgan fingerprint density at radius 2 is 2.00 bits per heavy atom. The summed E-state index contributed by atoms with van der Waals surface area (Å²) in [6.07, 6.45) is 4.42. The number of hydrogen-bond acceptors (Lipinski definition) is 3. The van der Waals surface area contributed by atoms with Crippen LogP contribution in [0, 0.1) is 6.42 Å². The first-order valence-corrected chi connectivity index (χ1v) is 5.33. The minimum atomic E-state index is -0.468. The molecule has 1 aliphatic heterocycles. The Hall–Kier alpha value is -0.570. The predicted octanol–water partition coefficient (Wildman–Crippen LogP) is 1.63. The Morgan fingerprint density at radius 3 is 2.50 bits per heavy atom. The van der Waals surface area contributed by atoms with Crippen molar-refractivity contribution in [1.29, 1.82) is 0 Å². The van der Waals surface area contributed by atoms with Crippen molar-refractivity contribution in [3.63, 3.8) is 0 Å². The van der Waals surface area contributed by atoms with Crippen molar-refractivity contribution in [2.45, 2.75) is 39.2 Å². The summed E-state index contributed by atoms with van der Waals surface area (Å²) >= 11 is 0. The van der Waals surface area contributed by atoms with E-state index in [1.165, 1.54) is 0 Å². The number of carbonyl (C=O) groups excluding carboxylic acids is 1. The molecule has 0 aromatic heterocycles. The highest BCUT2D eigenvalue weighted by Gasteiger charge is 2.36. The van der Waals surface area contributed by atoms with Crippen molar-refractivity contribution in [1.82, 2.24) is 4.90 Å². The largest absolute Gasteiger partial charge is 0.465 e. The molecule has 0 bridgehead atoms. The van der Waals surface area contributed by atoms with E-state index >= 15 is 0 Å². The molecule has 0 spiro atoms. The fraction of sp³-hybridized carbons (Fsp3) is 0.818. The first kappa shape index (κ1) is 11.5. The smallest absolute Gasteiger partial charge is 0.325 e. The maximum Gasteiger partial charge on any atom is 0.325 e. The molecule has 0 atom stereocenters. The average Bonchev–Trinajstić information content (AvgIpc) is 2.19. The van der Waals surface area contributed by atoms with E-state index in [0.717, 1.165) is 25.9 Å². The second kappa shape index (κ2) is 4.78. The number of ether oxygens (including phenoxy) is 1. The first-order chi connectivity index (χ1) is 6.59. The highest BCUT2D eigenvalue weighted by atomic mass is 16.5. The fourth-order valence-electron chi connectivity index (χ4n) is 1.75. The lowest BCUT2D eigenvalue weighted by Crippen LogP contribution is -2.52. The van der Waals surface area contributed by atoms with Gasteiger partial charge in [0.25, 0.3) is 0 Å². The molecular weight excluding hydrogens is 178 g/mol. The van der Waals surface area contributed by atoms with Crippen LogP contribution in [0.5, 0.6) is 0 Å². The molecule has 0 N–H and O–H groups in total. The van der Waals surface area contributed by atoms with Gasteiger partial charge >= 0.3 is 5.97 Å². The molecule has 1 rings (SSSR count). The highest BCUT2D eigenvalue weighted by Crippen LogP contribution is 2.21. The predicted molar refractivity (Wildman–Crippen MR) is 55.8 cm³/mol. The van der Waals surface area contributed by atoms with Crippen molar-refractivity contribution >= 4 is 5.97 Å².